The monoisotopic (exact) mass is 302 g/mol. The minimum absolute atomic E-state index is 0. The zero-order valence-corrected chi connectivity index (χ0v) is 13.8. The molecule has 1 saturated carbocycles. The summed E-state index contributed by atoms with van der Waals surface area (Å²) in [6.45, 7) is 6.46. The second-order valence-electron chi connectivity index (χ2n) is 6.58. The molecule has 3 unspecified atom stereocenters. The molecule has 2 aliphatic rings. The van der Waals surface area contributed by atoms with Crippen LogP contribution in [0.5, 0.6) is 0 Å². The molecule has 0 aromatic carbocycles. The van der Waals surface area contributed by atoms with E-state index in [4.69, 9.17) is 0 Å². The Balaban J connectivity index is 0.00000200. The van der Waals surface area contributed by atoms with Crippen molar-refractivity contribution in [1.82, 2.24) is 10.6 Å². The Bertz CT molecular complexity index is 292. The fourth-order valence-electron chi connectivity index (χ4n) is 3.64. The molecular formula is C16H31ClN2O. The van der Waals surface area contributed by atoms with Gasteiger partial charge in [-0.25, -0.2) is 0 Å². The first-order valence-electron chi connectivity index (χ1n) is 8.21. The molecule has 1 aliphatic heterocycles. The van der Waals surface area contributed by atoms with Crippen LogP contribution in [0.25, 0.3) is 0 Å². The molecule has 2 fully saturated rings. The first-order chi connectivity index (χ1) is 9.20. The summed E-state index contributed by atoms with van der Waals surface area (Å²) in [6, 6.07) is 0.381. The van der Waals surface area contributed by atoms with Crippen LogP contribution < -0.4 is 10.6 Å². The van der Waals surface area contributed by atoms with Crippen LogP contribution in [-0.4, -0.2) is 25.0 Å². The van der Waals surface area contributed by atoms with Crippen LogP contribution >= 0.6 is 12.4 Å². The van der Waals surface area contributed by atoms with Crippen molar-refractivity contribution in [3.63, 3.8) is 0 Å². The highest BCUT2D eigenvalue weighted by Gasteiger charge is 2.28. The third kappa shape index (κ3) is 4.92. The Kier molecular flexibility index (Phi) is 7.90. The maximum Gasteiger partial charge on any atom is 0.223 e. The standard InChI is InChI=1S/C16H30N2O.ClH/c1-3-14(10-13-6-4-5-7-13)16(19)18-15-8-9-17-11-12(15)2;/h12-15,17H,3-11H2,1-2H3,(H,18,19);1H. The first-order valence-corrected chi connectivity index (χ1v) is 8.21. The van der Waals surface area contributed by atoms with E-state index in [0.717, 1.165) is 38.3 Å². The maximum absolute atomic E-state index is 12.4. The van der Waals surface area contributed by atoms with E-state index in [9.17, 15) is 4.79 Å². The van der Waals surface area contributed by atoms with Crippen molar-refractivity contribution in [3.05, 3.63) is 0 Å². The summed E-state index contributed by atoms with van der Waals surface area (Å²) in [6.07, 6.45) is 8.60. The van der Waals surface area contributed by atoms with Crippen LogP contribution in [0.15, 0.2) is 0 Å². The molecule has 3 nitrogen and oxygen atoms in total. The zero-order chi connectivity index (χ0) is 13.7. The molecule has 3 atom stereocenters. The van der Waals surface area contributed by atoms with Gasteiger partial charge in [0.15, 0.2) is 0 Å². The topological polar surface area (TPSA) is 41.1 Å². The van der Waals surface area contributed by atoms with Gasteiger partial charge < -0.3 is 10.6 Å². The summed E-state index contributed by atoms with van der Waals surface area (Å²) in [4.78, 5) is 12.4. The number of nitrogens with one attached hydrogen (secondary N) is 2. The number of amides is 1. The molecule has 2 N–H and O–H groups in total. The summed E-state index contributed by atoms with van der Waals surface area (Å²) in [5.41, 5.74) is 0. The predicted octanol–water partition coefficient (Wildman–Crippen LogP) is 3.13. The van der Waals surface area contributed by atoms with E-state index < -0.39 is 0 Å². The maximum atomic E-state index is 12.4. The summed E-state index contributed by atoms with van der Waals surface area (Å²) < 4.78 is 0. The fraction of sp³-hybridized carbons (Fsp3) is 0.938. The normalized spacial score (nSPS) is 28.7. The van der Waals surface area contributed by atoms with E-state index in [1.165, 1.54) is 25.7 Å². The second kappa shape index (κ2) is 8.89. The molecule has 0 aromatic rings. The van der Waals surface area contributed by atoms with Gasteiger partial charge in [-0.1, -0.05) is 39.5 Å². The van der Waals surface area contributed by atoms with Gasteiger partial charge in [-0.15, -0.1) is 12.4 Å². The Morgan fingerprint density at radius 1 is 1.30 bits per heavy atom. The lowest BCUT2D eigenvalue weighted by Gasteiger charge is -2.31. The number of piperidine rings is 1. The Hall–Kier alpha value is -0.280. The smallest absolute Gasteiger partial charge is 0.223 e. The zero-order valence-electron chi connectivity index (χ0n) is 13.0. The molecule has 0 bridgehead atoms. The molecule has 2 rings (SSSR count). The number of hydrogen-bond donors (Lipinski definition) is 2. The molecule has 1 aliphatic carbocycles. The van der Waals surface area contributed by atoms with E-state index in [1.807, 2.05) is 0 Å². The number of carbonyl (C=O) groups excluding carboxylic acids is 1. The van der Waals surface area contributed by atoms with E-state index >= 15 is 0 Å². The number of carbonyl (C=O) groups is 1. The SMILES string of the molecule is CCC(CC1CCCC1)C(=O)NC1CCNCC1C.Cl. The van der Waals surface area contributed by atoms with Crippen LogP contribution in [0, 0.1) is 17.8 Å². The highest BCUT2D eigenvalue weighted by Crippen LogP contribution is 2.31. The number of halogens is 1. The minimum atomic E-state index is 0. The molecule has 1 amide bonds. The van der Waals surface area contributed by atoms with Gasteiger partial charge in [0.2, 0.25) is 5.91 Å². The van der Waals surface area contributed by atoms with Crippen molar-refractivity contribution in [1.29, 1.82) is 0 Å². The van der Waals surface area contributed by atoms with Gasteiger partial charge in [0, 0.05) is 12.0 Å². The molecule has 4 heteroatoms. The highest BCUT2D eigenvalue weighted by atomic mass is 35.5. The van der Waals surface area contributed by atoms with Crippen molar-refractivity contribution in [3.8, 4) is 0 Å². The van der Waals surface area contributed by atoms with Crippen LogP contribution in [0.4, 0.5) is 0 Å². The van der Waals surface area contributed by atoms with Gasteiger partial charge in [0.25, 0.3) is 0 Å². The molecule has 0 radical (unpaired) electrons. The average Bonchev–Trinajstić information content (AvgIpc) is 2.91. The number of rotatable bonds is 5. The lowest BCUT2D eigenvalue weighted by molar-refractivity contribution is -0.126. The number of hydrogen-bond acceptors (Lipinski definition) is 2. The van der Waals surface area contributed by atoms with Gasteiger partial charge in [0.05, 0.1) is 0 Å². The van der Waals surface area contributed by atoms with Crippen molar-refractivity contribution >= 4 is 18.3 Å². The predicted molar refractivity (Wildman–Crippen MR) is 86.2 cm³/mol. The van der Waals surface area contributed by atoms with Gasteiger partial charge in [-0.2, -0.15) is 0 Å². The van der Waals surface area contributed by atoms with Gasteiger partial charge in [0.1, 0.15) is 0 Å². The largest absolute Gasteiger partial charge is 0.353 e. The Labute approximate surface area is 130 Å². The lowest BCUT2D eigenvalue weighted by atomic mass is 9.89. The summed E-state index contributed by atoms with van der Waals surface area (Å²) in [5, 5.41) is 6.70. The first kappa shape index (κ1) is 17.8. The Morgan fingerprint density at radius 2 is 2.00 bits per heavy atom. The highest BCUT2D eigenvalue weighted by molar-refractivity contribution is 5.85. The summed E-state index contributed by atoms with van der Waals surface area (Å²) in [5.74, 6) is 1.92. The fourth-order valence-corrected chi connectivity index (χ4v) is 3.64. The van der Waals surface area contributed by atoms with E-state index in [-0.39, 0.29) is 18.3 Å². The van der Waals surface area contributed by atoms with E-state index in [0.29, 0.717) is 17.9 Å². The molecule has 1 saturated heterocycles. The second-order valence-corrected chi connectivity index (χ2v) is 6.58. The Morgan fingerprint density at radius 3 is 2.60 bits per heavy atom. The van der Waals surface area contributed by atoms with Gasteiger partial charge >= 0.3 is 0 Å². The molecular weight excluding hydrogens is 272 g/mol. The quantitative estimate of drug-likeness (QED) is 0.819. The van der Waals surface area contributed by atoms with Crippen molar-refractivity contribution < 1.29 is 4.79 Å². The summed E-state index contributed by atoms with van der Waals surface area (Å²) >= 11 is 0. The van der Waals surface area contributed by atoms with Gasteiger partial charge in [-0.3, -0.25) is 4.79 Å². The van der Waals surface area contributed by atoms with Crippen LogP contribution in [0.3, 0.4) is 0 Å². The van der Waals surface area contributed by atoms with Crippen molar-refractivity contribution in [2.24, 2.45) is 17.8 Å². The van der Waals surface area contributed by atoms with E-state index in [1.54, 1.807) is 0 Å². The third-order valence-electron chi connectivity index (χ3n) is 5.07. The molecule has 1 heterocycles. The molecule has 118 valence electrons. The summed E-state index contributed by atoms with van der Waals surface area (Å²) in [7, 11) is 0. The van der Waals surface area contributed by atoms with Crippen LogP contribution in [-0.2, 0) is 4.79 Å². The van der Waals surface area contributed by atoms with Crippen LogP contribution in [0.2, 0.25) is 0 Å². The lowest BCUT2D eigenvalue weighted by Crippen LogP contribution is -2.49. The minimum Gasteiger partial charge on any atom is -0.353 e. The third-order valence-corrected chi connectivity index (χ3v) is 5.07. The average molecular weight is 303 g/mol. The molecule has 0 spiro atoms. The molecule has 0 aromatic heterocycles. The van der Waals surface area contributed by atoms with Crippen LogP contribution in [0.1, 0.15) is 58.8 Å². The molecule has 20 heavy (non-hydrogen) atoms. The van der Waals surface area contributed by atoms with E-state index in [2.05, 4.69) is 24.5 Å². The van der Waals surface area contributed by atoms with Gasteiger partial charge in [-0.05, 0) is 44.2 Å². The van der Waals surface area contributed by atoms with Crippen molar-refractivity contribution in [2.45, 2.75) is 64.8 Å². The van der Waals surface area contributed by atoms with Crippen molar-refractivity contribution in [2.75, 3.05) is 13.1 Å².